The van der Waals surface area contributed by atoms with Gasteiger partial charge in [0.05, 0.1) is 12.2 Å². The Morgan fingerprint density at radius 1 is 1.46 bits per heavy atom. The van der Waals surface area contributed by atoms with Gasteiger partial charge in [-0.25, -0.2) is 9.18 Å². The zero-order valence-electron chi connectivity index (χ0n) is 12.9. The van der Waals surface area contributed by atoms with Gasteiger partial charge in [0.15, 0.2) is 0 Å². The molecule has 1 aromatic heterocycles. The van der Waals surface area contributed by atoms with Gasteiger partial charge in [-0.3, -0.25) is 4.79 Å². The van der Waals surface area contributed by atoms with Gasteiger partial charge in [-0.2, -0.15) is 0 Å². The standard InChI is InChI=1S/C16H17FN4O3/c17-12-3-1-2-11(8-12)9-13(21-7-6-18-16(21)23)10-19-15(22)14-4-5-20-24-14/h1-5,8,13H,6-7,9-10H2,(H,18,23)(H,19,22)/t13-/m0/s1. The van der Waals surface area contributed by atoms with Crippen LogP contribution >= 0.6 is 0 Å². The molecule has 24 heavy (non-hydrogen) atoms. The minimum Gasteiger partial charge on any atom is -0.351 e. The molecule has 7 nitrogen and oxygen atoms in total. The van der Waals surface area contributed by atoms with E-state index in [-0.39, 0.29) is 30.2 Å². The average molecular weight is 332 g/mol. The average Bonchev–Trinajstić information content (AvgIpc) is 3.23. The monoisotopic (exact) mass is 332 g/mol. The predicted molar refractivity (Wildman–Crippen MR) is 82.8 cm³/mol. The number of benzene rings is 1. The Morgan fingerprint density at radius 3 is 3.00 bits per heavy atom. The Hall–Kier alpha value is -2.90. The van der Waals surface area contributed by atoms with E-state index < -0.39 is 5.91 Å². The summed E-state index contributed by atoms with van der Waals surface area (Å²) in [5.74, 6) is -0.635. The molecule has 1 aliphatic rings. The summed E-state index contributed by atoms with van der Waals surface area (Å²) in [5, 5.41) is 8.95. The Bertz CT molecular complexity index is 720. The first-order chi connectivity index (χ1) is 11.6. The highest BCUT2D eigenvalue weighted by Crippen LogP contribution is 2.13. The molecular weight excluding hydrogens is 315 g/mol. The van der Waals surface area contributed by atoms with Gasteiger partial charge in [0, 0.05) is 25.7 Å². The number of aromatic nitrogens is 1. The highest BCUT2D eigenvalue weighted by atomic mass is 19.1. The van der Waals surface area contributed by atoms with E-state index in [2.05, 4.69) is 15.8 Å². The van der Waals surface area contributed by atoms with Crippen LogP contribution in [-0.2, 0) is 6.42 Å². The van der Waals surface area contributed by atoms with E-state index in [1.54, 1.807) is 17.0 Å². The summed E-state index contributed by atoms with van der Waals surface area (Å²) in [7, 11) is 0. The second-order valence-electron chi connectivity index (χ2n) is 5.50. The van der Waals surface area contributed by atoms with Crippen LogP contribution in [0.3, 0.4) is 0 Å². The second-order valence-corrected chi connectivity index (χ2v) is 5.50. The van der Waals surface area contributed by atoms with Crippen LogP contribution in [0.25, 0.3) is 0 Å². The Morgan fingerprint density at radius 2 is 2.33 bits per heavy atom. The SMILES string of the molecule is O=C(NC[C@H](Cc1cccc(F)c1)N1CCNC1=O)c1ccno1. The molecule has 0 unspecified atom stereocenters. The van der Waals surface area contributed by atoms with E-state index >= 15 is 0 Å². The molecule has 8 heteroatoms. The molecule has 1 saturated heterocycles. The predicted octanol–water partition coefficient (Wildman–Crippen LogP) is 1.18. The largest absolute Gasteiger partial charge is 0.351 e. The van der Waals surface area contributed by atoms with Gasteiger partial charge in [0.1, 0.15) is 5.82 Å². The first-order valence-electron chi connectivity index (χ1n) is 7.61. The van der Waals surface area contributed by atoms with E-state index in [9.17, 15) is 14.0 Å². The molecule has 0 radical (unpaired) electrons. The molecule has 2 N–H and O–H groups in total. The van der Waals surface area contributed by atoms with Crippen LogP contribution in [-0.4, -0.2) is 47.7 Å². The molecule has 1 aromatic carbocycles. The van der Waals surface area contributed by atoms with Gasteiger partial charge in [-0.1, -0.05) is 17.3 Å². The minimum absolute atomic E-state index is 0.102. The first kappa shape index (κ1) is 16.0. The number of nitrogens with zero attached hydrogens (tertiary/aromatic N) is 2. The zero-order valence-corrected chi connectivity index (χ0v) is 12.9. The molecule has 1 fully saturated rings. The number of hydrogen-bond acceptors (Lipinski definition) is 4. The highest BCUT2D eigenvalue weighted by Gasteiger charge is 2.28. The molecule has 0 saturated carbocycles. The minimum atomic E-state index is -0.406. The van der Waals surface area contributed by atoms with Crippen molar-refractivity contribution in [2.45, 2.75) is 12.5 Å². The third kappa shape index (κ3) is 3.70. The topological polar surface area (TPSA) is 87.5 Å². The van der Waals surface area contributed by atoms with E-state index in [0.717, 1.165) is 5.56 Å². The van der Waals surface area contributed by atoms with Crippen molar-refractivity contribution >= 4 is 11.9 Å². The molecule has 1 aliphatic heterocycles. The van der Waals surface area contributed by atoms with Crippen molar-refractivity contribution in [1.29, 1.82) is 0 Å². The lowest BCUT2D eigenvalue weighted by atomic mass is 10.0. The lowest BCUT2D eigenvalue weighted by molar-refractivity contribution is 0.0903. The quantitative estimate of drug-likeness (QED) is 0.831. The van der Waals surface area contributed by atoms with Crippen molar-refractivity contribution in [2.24, 2.45) is 0 Å². The van der Waals surface area contributed by atoms with E-state index in [4.69, 9.17) is 4.52 Å². The second kappa shape index (κ2) is 7.12. The van der Waals surface area contributed by atoms with Crippen molar-refractivity contribution < 1.29 is 18.5 Å². The van der Waals surface area contributed by atoms with Crippen LogP contribution in [0.2, 0.25) is 0 Å². The van der Waals surface area contributed by atoms with Crippen LogP contribution in [0, 0.1) is 5.82 Å². The Labute approximate surface area is 137 Å². The number of carbonyl (C=O) groups excluding carboxylic acids is 2. The molecule has 126 valence electrons. The number of halogens is 1. The number of nitrogens with one attached hydrogen (secondary N) is 2. The Kier molecular flexibility index (Phi) is 4.74. The molecule has 2 heterocycles. The molecule has 2 aromatic rings. The van der Waals surface area contributed by atoms with Crippen molar-refractivity contribution in [2.75, 3.05) is 19.6 Å². The number of hydrogen-bond donors (Lipinski definition) is 2. The third-order valence-electron chi connectivity index (χ3n) is 3.85. The fourth-order valence-corrected chi connectivity index (χ4v) is 2.69. The fourth-order valence-electron chi connectivity index (χ4n) is 2.69. The van der Waals surface area contributed by atoms with E-state index in [1.807, 2.05) is 0 Å². The lowest BCUT2D eigenvalue weighted by Gasteiger charge is -2.27. The van der Waals surface area contributed by atoms with E-state index in [0.29, 0.717) is 19.5 Å². The van der Waals surface area contributed by atoms with Crippen molar-refractivity contribution in [1.82, 2.24) is 20.7 Å². The van der Waals surface area contributed by atoms with Crippen LogP contribution in [0.15, 0.2) is 41.1 Å². The first-order valence-corrected chi connectivity index (χ1v) is 7.61. The van der Waals surface area contributed by atoms with Gasteiger partial charge < -0.3 is 20.1 Å². The van der Waals surface area contributed by atoms with Gasteiger partial charge in [-0.05, 0) is 24.1 Å². The van der Waals surface area contributed by atoms with Crippen molar-refractivity contribution in [3.8, 4) is 0 Å². The number of rotatable bonds is 6. The number of carbonyl (C=O) groups is 2. The molecule has 0 aliphatic carbocycles. The van der Waals surface area contributed by atoms with Crippen LogP contribution in [0.5, 0.6) is 0 Å². The van der Waals surface area contributed by atoms with Crippen LogP contribution in [0.1, 0.15) is 16.1 Å². The van der Waals surface area contributed by atoms with Gasteiger partial charge in [0.25, 0.3) is 5.91 Å². The van der Waals surface area contributed by atoms with Crippen LogP contribution in [0.4, 0.5) is 9.18 Å². The summed E-state index contributed by atoms with van der Waals surface area (Å²) in [4.78, 5) is 25.6. The summed E-state index contributed by atoms with van der Waals surface area (Å²) in [6, 6.07) is 7.19. The fraction of sp³-hybridized carbons (Fsp3) is 0.312. The Balaban J connectivity index is 1.70. The zero-order chi connectivity index (χ0) is 16.9. The van der Waals surface area contributed by atoms with Crippen molar-refractivity contribution in [3.05, 3.63) is 53.7 Å². The maximum absolute atomic E-state index is 13.4. The summed E-state index contributed by atoms with van der Waals surface area (Å²) in [6.45, 7) is 1.31. The van der Waals surface area contributed by atoms with Gasteiger partial charge in [0.2, 0.25) is 5.76 Å². The molecule has 3 rings (SSSR count). The van der Waals surface area contributed by atoms with Crippen LogP contribution < -0.4 is 10.6 Å². The lowest BCUT2D eigenvalue weighted by Crippen LogP contribution is -2.46. The smallest absolute Gasteiger partial charge is 0.317 e. The summed E-state index contributed by atoms with van der Waals surface area (Å²) in [6.07, 6.45) is 1.81. The van der Waals surface area contributed by atoms with E-state index in [1.165, 1.54) is 24.4 Å². The van der Waals surface area contributed by atoms with Gasteiger partial charge >= 0.3 is 6.03 Å². The summed E-state index contributed by atoms with van der Waals surface area (Å²) < 4.78 is 18.2. The molecular formula is C16H17FN4O3. The molecule has 0 spiro atoms. The molecule has 1 atom stereocenters. The normalized spacial score (nSPS) is 15.2. The summed E-state index contributed by atoms with van der Waals surface area (Å²) >= 11 is 0. The maximum atomic E-state index is 13.4. The van der Waals surface area contributed by atoms with Gasteiger partial charge in [-0.15, -0.1) is 0 Å². The highest BCUT2D eigenvalue weighted by molar-refractivity contribution is 5.91. The van der Waals surface area contributed by atoms with Crippen molar-refractivity contribution in [3.63, 3.8) is 0 Å². The third-order valence-corrected chi connectivity index (χ3v) is 3.85. The number of urea groups is 1. The molecule has 3 amide bonds. The molecule has 0 bridgehead atoms. The maximum Gasteiger partial charge on any atom is 0.317 e. The number of amides is 3. The summed E-state index contributed by atoms with van der Waals surface area (Å²) in [5.41, 5.74) is 0.758.